The average molecular weight is 511 g/mol. The van der Waals surface area contributed by atoms with Crippen LogP contribution in [0, 0.1) is 5.41 Å². The third-order valence-corrected chi connectivity index (χ3v) is 6.47. The summed E-state index contributed by atoms with van der Waals surface area (Å²) in [5.41, 5.74) is 22.6. The van der Waals surface area contributed by atoms with E-state index in [0.717, 1.165) is 54.6 Å². The minimum atomic E-state index is 0.260. The molecule has 4 heteroatoms. The zero-order valence-corrected chi connectivity index (χ0v) is 24.1. The van der Waals surface area contributed by atoms with E-state index in [4.69, 9.17) is 16.5 Å². The molecular weight excluding hydrogens is 464 g/mol. The first-order valence-electron chi connectivity index (χ1n) is 13.8. The quantitative estimate of drug-likeness (QED) is 0.300. The molecular formula is C34H46N4. The fraction of sp³-hybridized carbons (Fsp3) is 0.382. The molecule has 0 aliphatic carbocycles. The monoisotopic (exact) mass is 510 g/mol. The Morgan fingerprint density at radius 2 is 1.74 bits per heavy atom. The summed E-state index contributed by atoms with van der Waals surface area (Å²) in [6, 6.07) is 15.3. The number of hydrogen-bond acceptors (Lipinski definition) is 4. The third-order valence-electron chi connectivity index (χ3n) is 6.47. The van der Waals surface area contributed by atoms with Gasteiger partial charge in [0.05, 0.1) is 12.2 Å². The van der Waals surface area contributed by atoms with Gasteiger partial charge in [0.1, 0.15) is 5.84 Å². The summed E-state index contributed by atoms with van der Waals surface area (Å²) in [7, 11) is 0. The molecule has 0 bridgehead atoms. The molecule has 4 N–H and O–H groups in total. The van der Waals surface area contributed by atoms with Crippen LogP contribution >= 0.6 is 0 Å². The van der Waals surface area contributed by atoms with Crippen LogP contribution in [0.4, 0.5) is 5.69 Å². The van der Waals surface area contributed by atoms with E-state index in [-0.39, 0.29) is 5.41 Å². The van der Waals surface area contributed by atoms with Gasteiger partial charge in [-0.3, -0.25) is 0 Å². The van der Waals surface area contributed by atoms with E-state index < -0.39 is 0 Å². The zero-order chi connectivity index (χ0) is 27.9. The number of aliphatic imine (C=N–C) groups is 1. The second-order valence-electron chi connectivity index (χ2n) is 11.7. The number of amidine groups is 1. The van der Waals surface area contributed by atoms with E-state index >= 15 is 0 Å². The number of nitrogens with two attached hydrogens (primary N) is 2. The molecule has 2 aromatic rings. The smallest absolute Gasteiger partial charge is 0.104 e. The zero-order valence-electron chi connectivity index (χ0n) is 24.1. The second-order valence-corrected chi connectivity index (χ2v) is 11.7. The number of fused-ring (bicyclic) bond motifs is 1. The van der Waals surface area contributed by atoms with Gasteiger partial charge in [-0.2, -0.15) is 0 Å². The first kappa shape index (κ1) is 29.0. The number of rotatable bonds is 11. The van der Waals surface area contributed by atoms with Gasteiger partial charge < -0.3 is 16.4 Å². The van der Waals surface area contributed by atoms with Crippen molar-refractivity contribution < 1.29 is 0 Å². The Kier molecular flexibility index (Phi) is 9.79. The van der Waals surface area contributed by atoms with E-state index in [0.29, 0.717) is 24.5 Å². The summed E-state index contributed by atoms with van der Waals surface area (Å²) in [5.74, 6) is 0.616. The Labute approximate surface area is 230 Å². The number of benzene rings is 2. The molecule has 1 aliphatic heterocycles. The first-order chi connectivity index (χ1) is 18.0. The van der Waals surface area contributed by atoms with Crippen molar-refractivity contribution in [3.05, 3.63) is 95.4 Å². The summed E-state index contributed by atoms with van der Waals surface area (Å²) in [5, 5.41) is 0. The molecule has 4 nitrogen and oxygen atoms in total. The van der Waals surface area contributed by atoms with Gasteiger partial charge in [0.2, 0.25) is 0 Å². The van der Waals surface area contributed by atoms with Gasteiger partial charge in [-0.05, 0) is 65.5 Å². The summed E-state index contributed by atoms with van der Waals surface area (Å²) in [4.78, 5) is 7.13. The molecule has 2 aromatic carbocycles. The lowest BCUT2D eigenvalue weighted by atomic mass is 9.86. The highest BCUT2D eigenvalue weighted by molar-refractivity contribution is 5.92. The van der Waals surface area contributed by atoms with Gasteiger partial charge in [-0.1, -0.05) is 95.8 Å². The molecule has 1 aliphatic rings. The highest BCUT2D eigenvalue weighted by Crippen LogP contribution is 2.34. The molecule has 0 aromatic heterocycles. The van der Waals surface area contributed by atoms with Crippen LogP contribution in [0.5, 0.6) is 0 Å². The molecule has 0 saturated carbocycles. The van der Waals surface area contributed by atoms with Crippen LogP contribution < -0.4 is 11.5 Å². The lowest BCUT2D eigenvalue weighted by Gasteiger charge is -2.29. The second kappa shape index (κ2) is 12.8. The standard InChI is InChI=1S/C34H46N4/c1-8-10-32(38(17-9-2)23-25(4)35)30-19-29-16-15-28(20-31(29)37-33(36)21-30)27-13-11-26(12-14-27)18-24(3)22-34(5,6)7/h10-16,19-20H,3-4,8-9,17-18,21-23,35H2,1-2,5-7H3,(H2,36,37)/b32-10+. The number of nitrogens with zero attached hydrogens (tertiary/aromatic N) is 2. The molecule has 1 heterocycles. The Morgan fingerprint density at radius 1 is 1.05 bits per heavy atom. The Morgan fingerprint density at radius 3 is 2.34 bits per heavy atom. The Bertz CT molecular complexity index is 1240. The average Bonchev–Trinajstić information content (AvgIpc) is 2.98. The SMILES string of the molecule is C=C(N)CN(CCC)/C(=C/CC)C1=Cc2ccc(-c3ccc(CC(=C)CC(C)(C)C)cc3)cc2N=C(N)C1. The highest BCUT2D eigenvalue weighted by atomic mass is 15.1. The third kappa shape index (κ3) is 8.24. The summed E-state index contributed by atoms with van der Waals surface area (Å²) in [6.07, 6.45) is 8.98. The molecule has 38 heavy (non-hydrogen) atoms. The molecule has 0 unspecified atom stereocenters. The lowest BCUT2D eigenvalue weighted by Crippen LogP contribution is -2.30. The van der Waals surface area contributed by atoms with Crippen LogP contribution in [-0.2, 0) is 6.42 Å². The molecule has 0 spiro atoms. The van der Waals surface area contributed by atoms with Gasteiger partial charge in [0, 0.05) is 29.9 Å². The fourth-order valence-corrected chi connectivity index (χ4v) is 5.11. The first-order valence-corrected chi connectivity index (χ1v) is 13.8. The molecule has 0 amide bonds. The van der Waals surface area contributed by atoms with Crippen molar-refractivity contribution in [2.45, 2.75) is 66.7 Å². The van der Waals surface area contributed by atoms with E-state index in [2.05, 4.69) is 107 Å². The van der Waals surface area contributed by atoms with Crippen LogP contribution in [0.25, 0.3) is 17.2 Å². The van der Waals surface area contributed by atoms with Crippen molar-refractivity contribution in [1.82, 2.24) is 4.90 Å². The Hall–Kier alpha value is -3.53. The molecule has 0 radical (unpaired) electrons. The topological polar surface area (TPSA) is 67.6 Å². The fourth-order valence-electron chi connectivity index (χ4n) is 5.11. The molecule has 202 valence electrons. The number of allylic oxidation sites excluding steroid dienone is 3. The lowest BCUT2D eigenvalue weighted by molar-refractivity contribution is 0.375. The molecule has 0 saturated heterocycles. The van der Waals surface area contributed by atoms with Gasteiger partial charge in [-0.25, -0.2) is 4.99 Å². The van der Waals surface area contributed by atoms with Crippen LogP contribution in [0.2, 0.25) is 0 Å². The van der Waals surface area contributed by atoms with Crippen LogP contribution in [0.15, 0.2) is 89.2 Å². The van der Waals surface area contributed by atoms with Crippen molar-refractivity contribution >= 4 is 17.6 Å². The van der Waals surface area contributed by atoms with Crippen LogP contribution in [0.3, 0.4) is 0 Å². The maximum absolute atomic E-state index is 6.46. The van der Waals surface area contributed by atoms with Gasteiger partial charge in [0.25, 0.3) is 0 Å². The minimum Gasteiger partial charge on any atom is -0.401 e. The summed E-state index contributed by atoms with van der Waals surface area (Å²) < 4.78 is 0. The molecule has 0 atom stereocenters. The molecule has 0 fully saturated rings. The van der Waals surface area contributed by atoms with Crippen LogP contribution in [0.1, 0.15) is 71.4 Å². The van der Waals surface area contributed by atoms with E-state index in [1.54, 1.807) is 0 Å². The summed E-state index contributed by atoms with van der Waals surface area (Å²) >= 11 is 0. The highest BCUT2D eigenvalue weighted by Gasteiger charge is 2.19. The van der Waals surface area contributed by atoms with Crippen molar-refractivity contribution in [3.63, 3.8) is 0 Å². The Balaban J connectivity index is 1.90. The maximum Gasteiger partial charge on any atom is 0.104 e. The van der Waals surface area contributed by atoms with E-state index in [1.165, 1.54) is 22.4 Å². The van der Waals surface area contributed by atoms with Crippen molar-refractivity contribution in [2.24, 2.45) is 21.9 Å². The predicted octanol–water partition coefficient (Wildman–Crippen LogP) is 8.14. The van der Waals surface area contributed by atoms with Gasteiger partial charge >= 0.3 is 0 Å². The predicted molar refractivity (Wildman–Crippen MR) is 166 cm³/mol. The van der Waals surface area contributed by atoms with Crippen molar-refractivity contribution in [3.8, 4) is 11.1 Å². The van der Waals surface area contributed by atoms with Crippen molar-refractivity contribution in [1.29, 1.82) is 0 Å². The van der Waals surface area contributed by atoms with E-state index in [9.17, 15) is 0 Å². The van der Waals surface area contributed by atoms with Crippen LogP contribution in [-0.4, -0.2) is 23.8 Å². The summed E-state index contributed by atoms with van der Waals surface area (Å²) in [6.45, 7) is 20.9. The normalized spacial score (nSPS) is 13.8. The van der Waals surface area contributed by atoms with Gasteiger partial charge in [-0.15, -0.1) is 0 Å². The maximum atomic E-state index is 6.46. The number of hydrogen-bond donors (Lipinski definition) is 2. The molecule has 3 rings (SSSR count). The van der Waals surface area contributed by atoms with E-state index in [1.807, 2.05) is 0 Å². The largest absolute Gasteiger partial charge is 0.401 e. The minimum absolute atomic E-state index is 0.260. The van der Waals surface area contributed by atoms with Crippen molar-refractivity contribution in [2.75, 3.05) is 13.1 Å². The van der Waals surface area contributed by atoms with Gasteiger partial charge in [0.15, 0.2) is 0 Å².